The first-order valence-electron chi connectivity index (χ1n) is 10.3. The van der Waals surface area contributed by atoms with E-state index in [0.717, 1.165) is 11.3 Å². The van der Waals surface area contributed by atoms with Crippen LogP contribution in [0.1, 0.15) is 58.7 Å². The van der Waals surface area contributed by atoms with Gasteiger partial charge in [-0.05, 0) is 45.0 Å². The summed E-state index contributed by atoms with van der Waals surface area (Å²) in [6, 6.07) is 18.8. The van der Waals surface area contributed by atoms with E-state index in [-0.39, 0.29) is 25.0 Å². The van der Waals surface area contributed by atoms with Crippen LogP contribution in [0.25, 0.3) is 0 Å². The average Bonchev–Trinajstić information content (AvgIpc) is 2.73. The van der Waals surface area contributed by atoms with Gasteiger partial charge in [-0.15, -0.1) is 0 Å². The van der Waals surface area contributed by atoms with Crippen molar-refractivity contribution < 1.29 is 22.6 Å². The number of fused-ring (bicyclic) bond motifs is 2. The van der Waals surface area contributed by atoms with Gasteiger partial charge in [-0.1, -0.05) is 49.4 Å². The number of anilines is 3. The Bertz CT molecular complexity index is 1310. The summed E-state index contributed by atoms with van der Waals surface area (Å²) in [5.41, 5.74) is 5.13. The van der Waals surface area contributed by atoms with Gasteiger partial charge in [-0.25, -0.2) is 0 Å². The van der Waals surface area contributed by atoms with Crippen LogP contribution in [-0.2, 0) is 10.1 Å². The van der Waals surface area contributed by atoms with Crippen molar-refractivity contribution in [3.8, 4) is 0 Å². The molecule has 3 aromatic rings. The first-order valence-corrected chi connectivity index (χ1v) is 12.2. The Hall–Kier alpha value is -3.49. The number of hydrogen-bond donors (Lipinski definition) is 3. The molecule has 1 aliphatic carbocycles. The van der Waals surface area contributed by atoms with Gasteiger partial charge >= 0.3 is 0 Å². The molecule has 0 spiro atoms. The van der Waals surface area contributed by atoms with Gasteiger partial charge in [-0.3, -0.25) is 14.1 Å². The fourth-order valence-electron chi connectivity index (χ4n) is 3.55. The van der Waals surface area contributed by atoms with Crippen LogP contribution in [0.15, 0.2) is 60.7 Å². The molecule has 0 aromatic heterocycles. The maximum atomic E-state index is 13.3. The first-order chi connectivity index (χ1) is 15.5. The number of aryl methyl sites for hydroxylation is 1. The van der Waals surface area contributed by atoms with E-state index in [2.05, 4.69) is 10.6 Å². The predicted octanol–water partition coefficient (Wildman–Crippen LogP) is 5.47. The summed E-state index contributed by atoms with van der Waals surface area (Å²) in [6.45, 7) is 6.04. The monoisotopic (exact) mass is 482 g/mol. The minimum atomic E-state index is -3.67. The summed E-state index contributed by atoms with van der Waals surface area (Å²) in [5.74, 6) is -0.256. The van der Waals surface area contributed by atoms with E-state index >= 15 is 0 Å². The Balaban J connectivity index is 0.000000619. The highest BCUT2D eigenvalue weighted by molar-refractivity contribution is 7.85. The molecule has 0 atom stereocenters. The maximum Gasteiger partial charge on any atom is 0.261 e. The molecule has 180 valence electrons. The molecule has 7 nitrogen and oxygen atoms in total. The molecule has 0 bridgehead atoms. The van der Waals surface area contributed by atoms with Gasteiger partial charge in [0.2, 0.25) is 0 Å². The van der Waals surface area contributed by atoms with Crippen molar-refractivity contribution >= 4 is 38.7 Å². The largest absolute Gasteiger partial charge is 0.382 e. The molecule has 0 saturated heterocycles. The number of benzene rings is 3. The van der Waals surface area contributed by atoms with Gasteiger partial charge in [0.1, 0.15) is 0 Å². The summed E-state index contributed by atoms with van der Waals surface area (Å²) in [4.78, 5) is 26.6. The Morgan fingerprint density at radius 2 is 1.24 bits per heavy atom. The smallest absolute Gasteiger partial charge is 0.261 e. The van der Waals surface area contributed by atoms with E-state index in [9.17, 15) is 18.0 Å². The van der Waals surface area contributed by atoms with Crippen molar-refractivity contribution in [2.45, 2.75) is 34.2 Å². The third-order valence-corrected chi connectivity index (χ3v) is 4.85. The number of carbonyl (C=O) groups is 2. The van der Waals surface area contributed by atoms with Gasteiger partial charge in [0.25, 0.3) is 10.1 Å². The van der Waals surface area contributed by atoms with Crippen LogP contribution in [0.5, 0.6) is 0 Å². The third kappa shape index (κ3) is 6.30. The van der Waals surface area contributed by atoms with E-state index in [1.54, 1.807) is 24.3 Å². The zero-order chi connectivity index (χ0) is 24.3. The summed E-state index contributed by atoms with van der Waals surface area (Å²) in [5, 5.41) is 6.63. The van der Waals surface area contributed by atoms with Gasteiger partial charge < -0.3 is 10.6 Å². The lowest BCUT2D eigenvalue weighted by molar-refractivity contribution is 0.0980. The second kappa shape index (κ2) is 10.6. The molecule has 3 aromatic carbocycles. The maximum absolute atomic E-state index is 13.3. The van der Waals surface area contributed by atoms with Gasteiger partial charge in [0.15, 0.2) is 11.6 Å². The van der Waals surface area contributed by atoms with E-state index in [4.69, 9.17) is 4.55 Å². The molecule has 34 heavy (non-hydrogen) atoms. The van der Waals surface area contributed by atoms with E-state index in [1.165, 1.54) is 0 Å². The third-order valence-electron chi connectivity index (χ3n) is 4.85. The molecule has 0 fully saturated rings. The summed E-state index contributed by atoms with van der Waals surface area (Å²) in [6.07, 6.45) is 0.715. The van der Waals surface area contributed by atoms with E-state index in [0.29, 0.717) is 39.9 Å². The SMILES string of the molecule is C.CS(=O)(=O)O.Cc1ccc(Nc2ccc(NC(C)C)c3c2C(=O)c2ccccc2C3=O)cc1. The molecular weight excluding hydrogens is 452 g/mol. The van der Waals surface area contributed by atoms with Gasteiger partial charge in [0, 0.05) is 28.5 Å². The van der Waals surface area contributed by atoms with Crippen LogP contribution in [0, 0.1) is 6.92 Å². The van der Waals surface area contributed by atoms with Crippen molar-refractivity contribution in [3.05, 3.63) is 88.5 Å². The summed E-state index contributed by atoms with van der Waals surface area (Å²) in [7, 11) is -3.67. The molecule has 0 unspecified atom stereocenters. The molecule has 4 rings (SSSR count). The normalized spacial score (nSPS) is 12.1. The molecule has 1 aliphatic rings. The second-order valence-corrected chi connectivity index (χ2v) is 9.60. The van der Waals surface area contributed by atoms with Crippen LogP contribution in [0.2, 0.25) is 0 Å². The highest BCUT2D eigenvalue weighted by Crippen LogP contribution is 2.37. The standard InChI is InChI=1S/C24H22N2O2.CH4O3S.CH4/c1-14(2)25-19-12-13-20(26-16-10-8-15(3)9-11-16)22-21(19)23(27)17-6-4-5-7-18(17)24(22)28;1-5(2,3)4;/h4-14,25-26H,1-3H3;1H3,(H,2,3,4);1H4. The van der Waals surface area contributed by atoms with Crippen molar-refractivity contribution in [2.75, 3.05) is 16.9 Å². The molecule has 0 aliphatic heterocycles. The molecule has 0 amide bonds. The number of hydrogen-bond acceptors (Lipinski definition) is 6. The Morgan fingerprint density at radius 1 is 0.794 bits per heavy atom. The van der Waals surface area contributed by atoms with Crippen molar-refractivity contribution in [1.29, 1.82) is 0 Å². The second-order valence-electron chi connectivity index (χ2n) is 8.14. The Labute approximate surface area is 201 Å². The minimum absolute atomic E-state index is 0. The first kappa shape index (κ1) is 26.8. The number of nitrogens with one attached hydrogen (secondary N) is 2. The summed E-state index contributed by atoms with van der Waals surface area (Å²) >= 11 is 0. The van der Waals surface area contributed by atoms with Crippen LogP contribution in [-0.4, -0.2) is 36.8 Å². The quantitative estimate of drug-likeness (QED) is 0.330. The van der Waals surface area contributed by atoms with E-state index < -0.39 is 10.1 Å². The molecule has 0 saturated carbocycles. The highest BCUT2D eigenvalue weighted by atomic mass is 32.2. The average molecular weight is 483 g/mol. The molecule has 8 heteroatoms. The fourth-order valence-corrected chi connectivity index (χ4v) is 3.55. The Morgan fingerprint density at radius 3 is 1.71 bits per heavy atom. The number of carbonyl (C=O) groups excluding carboxylic acids is 2. The fraction of sp³-hybridized carbons (Fsp3) is 0.231. The van der Waals surface area contributed by atoms with Crippen LogP contribution < -0.4 is 10.6 Å². The van der Waals surface area contributed by atoms with Crippen molar-refractivity contribution in [1.82, 2.24) is 0 Å². The zero-order valence-corrected chi connectivity index (χ0v) is 19.7. The Kier molecular flexibility index (Phi) is 8.36. The zero-order valence-electron chi connectivity index (χ0n) is 18.8. The number of ketones is 2. The van der Waals surface area contributed by atoms with Crippen molar-refractivity contribution in [3.63, 3.8) is 0 Å². The number of rotatable bonds is 4. The lowest BCUT2D eigenvalue weighted by atomic mass is 9.82. The predicted molar refractivity (Wildman–Crippen MR) is 137 cm³/mol. The molecule has 0 radical (unpaired) electrons. The van der Waals surface area contributed by atoms with E-state index in [1.807, 2.05) is 57.2 Å². The lowest BCUT2D eigenvalue weighted by Gasteiger charge is -2.24. The summed E-state index contributed by atoms with van der Waals surface area (Å²) < 4.78 is 25.9. The lowest BCUT2D eigenvalue weighted by Crippen LogP contribution is -2.25. The molecular formula is C26H30N2O5S. The van der Waals surface area contributed by atoms with Gasteiger partial charge in [-0.2, -0.15) is 8.42 Å². The molecule has 0 heterocycles. The van der Waals surface area contributed by atoms with Gasteiger partial charge in [0.05, 0.1) is 23.1 Å². The molecule has 3 N–H and O–H groups in total. The van der Waals surface area contributed by atoms with Crippen LogP contribution >= 0.6 is 0 Å². The minimum Gasteiger partial charge on any atom is -0.382 e. The highest BCUT2D eigenvalue weighted by Gasteiger charge is 2.34. The van der Waals surface area contributed by atoms with Crippen LogP contribution in [0.4, 0.5) is 17.1 Å². The van der Waals surface area contributed by atoms with Crippen molar-refractivity contribution in [2.24, 2.45) is 0 Å². The van der Waals surface area contributed by atoms with Crippen LogP contribution in [0.3, 0.4) is 0 Å². The topological polar surface area (TPSA) is 113 Å².